The van der Waals surface area contributed by atoms with Crippen LogP contribution in [0.15, 0.2) is 40.9 Å². The minimum absolute atomic E-state index is 0.232. The third-order valence-corrected chi connectivity index (χ3v) is 2.97. The summed E-state index contributed by atoms with van der Waals surface area (Å²) in [4.78, 5) is 0. The molecule has 0 aromatic heterocycles. The number of rotatable bonds is 3. The molecule has 0 aliphatic rings. The zero-order chi connectivity index (χ0) is 13.1. The van der Waals surface area contributed by atoms with Crippen LogP contribution in [0.5, 0.6) is 11.5 Å². The molecule has 18 heavy (non-hydrogen) atoms. The van der Waals surface area contributed by atoms with E-state index in [1.54, 1.807) is 12.1 Å². The Bertz CT molecular complexity index is 575. The number of hydrogen-bond donors (Lipinski definition) is 1. The molecule has 2 N–H and O–H groups in total. The average molecular weight is 314 g/mol. The predicted molar refractivity (Wildman–Crippen MR) is 68.5 cm³/mol. The van der Waals surface area contributed by atoms with Gasteiger partial charge >= 0.3 is 0 Å². The molecule has 2 aromatic carbocycles. The van der Waals surface area contributed by atoms with Crippen molar-refractivity contribution in [1.82, 2.24) is 0 Å². The van der Waals surface area contributed by atoms with Crippen LogP contribution in [0.2, 0.25) is 0 Å². The summed E-state index contributed by atoms with van der Waals surface area (Å²) in [6.07, 6.45) is 0. The van der Waals surface area contributed by atoms with E-state index in [0.29, 0.717) is 16.8 Å². The van der Waals surface area contributed by atoms with Crippen LogP contribution in [-0.4, -0.2) is 0 Å². The van der Waals surface area contributed by atoms with Crippen LogP contribution in [0.4, 0.5) is 8.78 Å². The molecule has 2 nitrogen and oxygen atoms in total. The molecule has 0 saturated heterocycles. The molecule has 0 heterocycles. The fourth-order valence-electron chi connectivity index (χ4n) is 1.42. The summed E-state index contributed by atoms with van der Waals surface area (Å²) < 4.78 is 31.9. The van der Waals surface area contributed by atoms with E-state index in [-0.39, 0.29) is 5.75 Å². The van der Waals surface area contributed by atoms with E-state index in [4.69, 9.17) is 10.5 Å². The normalized spacial score (nSPS) is 10.4. The Morgan fingerprint density at radius 3 is 2.44 bits per heavy atom. The molecular formula is C13H10BrF2NO. The van der Waals surface area contributed by atoms with Gasteiger partial charge in [-0.15, -0.1) is 0 Å². The third-order valence-electron chi connectivity index (χ3n) is 2.35. The summed E-state index contributed by atoms with van der Waals surface area (Å²) >= 11 is 3.33. The second-order valence-electron chi connectivity index (χ2n) is 3.65. The van der Waals surface area contributed by atoms with E-state index in [2.05, 4.69) is 15.9 Å². The second kappa shape index (κ2) is 5.46. The number of hydrogen-bond acceptors (Lipinski definition) is 2. The minimum atomic E-state index is -0.942. The largest absolute Gasteiger partial charge is 0.456 e. The molecular weight excluding hydrogens is 304 g/mol. The van der Waals surface area contributed by atoms with Gasteiger partial charge < -0.3 is 10.5 Å². The fourth-order valence-corrected chi connectivity index (χ4v) is 1.93. The summed E-state index contributed by atoms with van der Waals surface area (Å²) in [5.41, 5.74) is 6.45. The summed E-state index contributed by atoms with van der Waals surface area (Å²) in [6, 6.07) is 8.72. The van der Waals surface area contributed by atoms with Crippen LogP contribution < -0.4 is 10.5 Å². The number of ether oxygens (including phenoxy) is 1. The van der Waals surface area contributed by atoms with E-state index in [1.165, 1.54) is 6.07 Å². The quantitative estimate of drug-likeness (QED) is 0.930. The van der Waals surface area contributed by atoms with E-state index in [9.17, 15) is 8.78 Å². The van der Waals surface area contributed by atoms with E-state index >= 15 is 0 Å². The molecule has 0 aliphatic heterocycles. The lowest BCUT2D eigenvalue weighted by Gasteiger charge is -2.09. The highest BCUT2D eigenvalue weighted by molar-refractivity contribution is 9.10. The Morgan fingerprint density at radius 2 is 1.83 bits per heavy atom. The molecule has 0 unspecified atom stereocenters. The standard InChI is InChI=1S/C13H10BrF2NO/c14-10-5-8(7-17)1-4-13(10)18-9-2-3-11(15)12(16)6-9/h1-6H,7,17H2. The highest BCUT2D eigenvalue weighted by Crippen LogP contribution is 2.30. The van der Waals surface area contributed by atoms with Crippen molar-refractivity contribution in [2.24, 2.45) is 5.73 Å². The highest BCUT2D eigenvalue weighted by Gasteiger charge is 2.07. The van der Waals surface area contributed by atoms with Gasteiger partial charge in [-0.2, -0.15) is 0 Å². The molecule has 0 fully saturated rings. The first-order chi connectivity index (χ1) is 8.60. The Morgan fingerprint density at radius 1 is 1.06 bits per heavy atom. The van der Waals surface area contributed by atoms with Crippen LogP contribution in [-0.2, 0) is 6.54 Å². The van der Waals surface area contributed by atoms with Crippen molar-refractivity contribution in [2.45, 2.75) is 6.54 Å². The topological polar surface area (TPSA) is 35.2 Å². The maximum Gasteiger partial charge on any atom is 0.162 e. The van der Waals surface area contributed by atoms with Gasteiger partial charge in [0.2, 0.25) is 0 Å². The molecule has 0 radical (unpaired) electrons. The zero-order valence-electron chi connectivity index (χ0n) is 9.29. The average Bonchev–Trinajstić information content (AvgIpc) is 2.36. The Balaban J connectivity index is 2.25. The smallest absolute Gasteiger partial charge is 0.162 e. The number of benzene rings is 2. The summed E-state index contributed by atoms with van der Waals surface area (Å²) in [6.45, 7) is 0.421. The van der Waals surface area contributed by atoms with Gasteiger partial charge in [0.1, 0.15) is 11.5 Å². The molecule has 5 heteroatoms. The van der Waals surface area contributed by atoms with Gasteiger partial charge in [0.15, 0.2) is 11.6 Å². The van der Waals surface area contributed by atoms with Crippen LogP contribution in [0, 0.1) is 11.6 Å². The van der Waals surface area contributed by atoms with Crippen molar-refractivity contribution in [3.8, 4) is 11.5 Å². The summed E-state index contributed by atoms with van der Waals surface area (Å²) in [5, 5.41) is 0. The van der Waals surface area contributed by atoms with Gasteiger partial charge in [0.25, 0.3) is 0 Å². The Labute approximate surface area is 112 Å². The Kier molecular flexibility index (Phi) is 3.93. The van der Waals surface area contributed by atoms with Crippen molar-refractivity contribution < 1.29 is 13.5 Å². The van der Waals surface area contributed by atoms with Crippen molar-refractivity contribution >= 4 is 15.9 Å². The predicted octanol–water partition coefficient (Wildman–Crippen LogP) is 3.98. The fraction of sp³-hybridized carbons (Fsp3) is 0.0769. The molecule has 0 atom stereocenters. The SMILES string of the molecule is NCc1ccc(Oc2ccc(F)c(F)c2)c(Br)c1. The molecule has 2 aromatic rings. The molecule has 94 valence electrons. The maximum absolute atomic E-state index is 13.0. The van der Waals surface area contributed by atoms with E-state index in [1.807, 2.05) is 6.07 Å². The van der Waals surface area contributed by atoms with Gasteiger partial charge in [0.05, 0.1) is 4.47 Å². The highest BCUT2D eigenvalue weighted by atomic mass is 79.9. The van der Waals surface area contributed by atoms with Gasteiger partial charge in [0, 0.05) is 12.6 Å². The third kappa shape index (κ3) is 2.86. The van der Waals surface area contributed by atoms with Crippen LogP contribution in [0.25, 0.3) is 0 Å². The van der Waals surface area contributed by atoms with Crippen LogP contribution in [0.1, 0.15) is 5.56 Å². The number of nitrogens with two attached hydrogens (primary N) is 1. The molecule has 0 aliphatic carbocycles. The second-order valence-corrected chi connectivity index (χ2v) is 4.50. The molecule has 0 spiro atoms. The monoisotopic (exact) mass is 313 g/mol. The lowest BCUT2D eigenvalue weighted by Crippen LogP contribution is -1.96. The number of halogens is 3. The first-order valence-electron chi connectivity index (χ1n) is 5.21. The summed E-state index contributed by atoms with van der Waals surface area (Å²) in [5.74, 6) is -1.10. The molecule has 0 amide bonds. The lowest BCUT2D eigenvalue weighted by molar-refractivity contribution is 0.459. The van der Waals surface area contributed by atoms with Crippen LogP contribution in [0.3, 0.4) is 0 Å². The van der Waals surface area contributed by atoms with Crippen molar-refractivity contribution in [3.63, 3.8) is 0 Å². The lowest BCUT2D eigenvalue weighted by atomic mass is 10.2. The van der Waals surface area contributed by atoms with Crippen molar-refractivity contribution in [3.05, 3.63) is 58.1 Å². The summed E-state index contributed by atoms with van der Waals surface area (Å²) in [7, 11) is 0. The Hall–Kier alpha value is -1.46. The van der Waals surface area contributed by atoms with E-state index in [0.717, 1.165) is 17.7 Å². The molecule has 2 rings (SSSR count). The zero-order valence-corrected chi connectivity index (χ0v) is 10.9. The first kappa shape index (κ1) is 13.0. The van der Waals surface area contributed by atoms with E-state index < -0.39 is 11.6 Å². The minimum Gasteiger partial charge on any atom is -0.456 e. The van der Waals surface area contributed by atoms with Gasteiger partial charge in [-0.25, -0.2) is 8.78 Å². The van der Waals surface area contributed by atoms with Crippen molar-refractivity contribution in [2.75, 3.05) is 0 Å². The molecule has 0 saturated carbocycles. The molecule has 0 bridgehead atoms. The van der Waals surface area contributed by atoms with Gasteiger partial charge in [-0.1, -0.05) is 6.07 Å². The van der Waals surface area contributed by atoms with Crippen molar-refractivity contribution in [1.29, 1.82) is 0 Å². The van der Waals surface area contributed by atoms with Gasteiger partial charge in [-0.05, 0) is 45.8 Å². The maximum atomic E-state index is 13.0. The van der Waals surface area contributed by atoms with Gasteiger partial charge in [-0.3, -0.25) is 0 Å². The van der Waals surface area contributed by atoms with Crippen LogP contribution >= 0.6 is 15.9 Å². The first-order valence-corrected chi connectivity index (χ1v) is 6.01.